The first-order chi connectivity index (χ1) is 12.5. The summed E-state index contributed by atoms with van der Waals surface area (Å²) in [5.41, 5.74) is 8.33. The van der Waals surface area contributed by atoms with Gasteiger partial charge in [-0.2, -0.15) is 5.10 Å². The third-order valence-electron chi connectivity index (χ3n) is 4.80. The number of pyridine rings is 1. The summed E-state index contributed by atoms with van der Waals surface area (Å²) in [5, 5.41) is 7.31. The molecule has 0 aromatic carbocycles. The smallest absolute Gasteiger partial charge is 0.254 e. The second kappa shape index (κ2) is 9.22. The molecule has 28 heavy (non-hydrogen) atoms. The van der Waals surface area contributed by atoms with Crippen molar-refractivity contribution in [1.82, 2.24) is 19.7 Å². The molecule has 0 radical (unpaired) electrons. The number of hydrogen-bond acceptors (Lipinski definition) is 5. The van der Waals surface area contributed by atoms with Crippen molar-refractivity contribution in [2.75, 3.05) is 13.1 Å². The molecule has 0 saturated carbocycles. The van der Waals surface area contributed by atoms with E-state index in [1.807, 2.05) is 33.2 Å². The van der Waals surface area contributed by atoms with Crippen molar-refractivity contribution in [3.05, 3.63) is 35.3 Å². The number of aromatic nitrogens is 3. The number of halogens is 2. The average Bonchev–Trinajstić information content (AvgIpc) is 3.29. The van der Waals surface area contributed by atoms with E-state index in [1.54, 1.807) is 17.5 Å². The molecule has 1 aliphatic rings. The molecule has 0 bridgehead atoms. The molecule has 4 heterocycles. The van der Waals surface area contributed by atoms with Crippen LogP contribution in [-0.4, -0.2) is 44.7 Å². The predicted octanol–water partition coefficient (Wildman–Crippen LogP) is 4.15. The van der Waals surface area contributed by atoms with Crippen molar-refractivity contribution in [1.29, 1.82) is 0 Å². The Morgan fingerprint density at radius 2 is 2.14 bits per heavy atom. The van der Waals surface area contributed by atoms with Crippen molar-refractivity contribution in [3.8, 4) is 10.6 Å². The molecule has 1 saturated heterocycles. The van der Waals surface area contributed by atoms with E-state index in [0.717, 1.165) is 41.0 Å². The van der Waals surface area contributed by atoms with Gasteiger partial charge in [0.15, 0.2) is 5.65 Å². The Morgan fingerprint density at radius 1 is 1.36 bits per heavy atom. The number of thiophene rings is 1. The van der Waals surface area contributed by atoms with Gasteiger partial charge in [-0.1, -0.05) is 6.07 Å². The second-order valence-electron chi connectivity index (χ2n) is 7.11. The molecule has 1 fully saturated rings. The molecule has 0 spiro atoms. The third-order valence-corrected chi connectivity index (χ3v) is 5.70. The highest BCUT2D eigenvalue weighted by Crippen LogP contribution is 2.30. The minimum atomic E-state index is 0. The quantitative estimate of drug-likeness (QED) is 0.661. The average molecular weight is 442 g/mol. The Bertz CT molecular complexity index is 941. The topological polar surface area (TPSA) is 77.0 Å². The van der Waals surface area contributed by atoms with E-state index in [9.17, 15) is 4.79 Å². The number of hydrogen-bond donors (Lipinski definition) is 1. The maximum absolute atomic E-state index is 13.3. The monoisotopic (exact) mass is 441 g/mol. The first-order valence-corrected chi connectivity index (χ1v) is 9.89. The van der Waals surface area contributed by atoms with Gasteiger partial charge in [-0.3, -0.25) is 4.79 Å². The third kappa shape index (κ3) is 4.17. The summed E-state index contributed by atoms with van der Waals surface area (Å²) in [4.78, 5) is 21.0. The highest BCUT2D eigenvalue weighted by Gasteiger charge is 2.26. The predicted molar refractivity (Wildman–Crippen MR) is 119 cm³/mol. The standard InChI is InChI=1S/C19H23N5OS.2ClH/c1-12(2)24-18-15(10-21-24)14(9-16(22-18)17-6-4-8-26-17)19(25)23-7-3-5-13(20)11-23;;/h4,6,8-10,12-13H,3,5,7,11,20H2,1-2H3;2*1H. The van der Waals surface area contributed by atoms with Gasteiger partial charge in [0.1, 0.15) is 0 Å². The largest absolute Gasteiger partial charge is 0.337 e. The maximum atomic E-state index is 13.3. The zero-order valence-electron chi connectivity index (χ0n) is 15.9. The molecular formula is C19H25Cl2N5OS. The van der Waals surface area contributed by atoms with Gasteiger partial charge < -0.3 is 10.6 Å². The summed E-state index contributed by atoms with van der Waals surface area (Å²) in [5.74, 6) is 0.0219. The number of nitrogens with zero attached hydrogens (tertiary/aromatic N) is 4. The fraction of sp³-hybridized carbons (Fsp3) is 0.421. The van der Waals surface area contributed by atoms with Gasteiger partial charge in [0, 0.05) is 25.2 Å². The van der Waals surface area contributed by atoms with Crippen LogP contribution in [0.3, 0.4) is 0 Å². The van der Waals surface area contributed by atoms with Gasteiger partial charge in [0.25, 0.3) is 5.91 Å². The molecule has 1 unspecified atom stereocenters. The number of carbonyl (C=O) groups excluding carboxylic acids is 1. The lowest BCUT2D eigenvalue weighted by Crippen LogP contribution is -2.45. The van der Waals surface area contributed by atoms with E-state index in [2.05, 4.69) is 18.9 Å². The number of likely N-dealkylation sites (tertiary alicyclic amines) is 1. The van der Waals surface area contributed by atoms with E-state index in [0.29, 0.717) is 12.1 Å². The van der Waals surface area contributed by atoms with Crippen molar-refractivity contribution in [2.24, 2.45) is 5.73 Å². The van der Waals surface area contributed by atoms with E-state index in [4.69, 9.17) is 10.7 Å². The normalized spacial score (nSPS) is 16.7. The first kappa shape index (κ1) is 22.6. The lowest BCUT2D eigenvalue weighted by Gasteiger charge is -2.31. The van der Waals surface area contributed by atoms with Crippen LogP contribution in [0.25, 0.3) is 21.6 Å². The summed E-state index contributed by atoms with van der Waals surface area (Å²) in [7, 11) is 0. The second-order valence-corrected chi connectivity index (χ2v) is 8.05. The van der Waals surface area contributed by atoms with Crippen LogP contribution in [0.5, 0.6) is 0 Å². The summed E-state index contributed by atoms with van der Waals surface area (Å²) >= 11 is 1.62. The minimum absolute atomic E-state index is 0. The Morgan fingerprint density at radius 3 is 2.79 bits per heavy atom. The van der Waals surface area contributed by atoms with E-state index >= 15 is 0 Å². The van der Waals surface area contributed by atoms with Crippen molar-refractivity contribution in [3.63, 3.8) is 0 Å². The SMILES string of the molecule is CC(C)n1ncc2c(C(=O)N3CCCC(N)C3)cc(-c3cccs3)nc21.Cl.Cl. The van der Waals surface area contributed by atoms with Gasteiger partial charge in [-0.05, 0) is 44.2 Å². The lowest BCUT2D eigenvalue weighted by atomic mass is 10.0. The maximum Gasteiger partial charge on any atom is 0.254 e. The Balaban J connectivity index is 0.00000140. The number of amides is 1. The van der Waals surface area contributed by atoms with Crippen molar-refractivity contribution < 1.29 is 4.79 Å². The zero-order valence-corrected chi connectivity index (χ0v) is 18.3. The molecule has 1 atom stereocenters. The van der Waals surface area contributed by atoms with E-state index in [1.165, 1.54) is 0 Å². The first-order valence-electron chi connectivity index (χ1n) is 9.01. The van der Waals surface area contributed by atoms with Gasteiger partial charge in [0.2, 0.25) is 0 Å². The number of fused-ring (bicyclic) bond motifs is 1. The van der Waals surface area contributed by atoms with Gasteiger partial charge in [0.05, 0.1) is 27.7 Å². The van der Waals surface area contributed by atoms with E-state index in [-0.39, 0.29) is 42.8 Å². The number of piperidine rings is 1. The number of carbonyl (C=O) groups is 1. The fourth-order valence-corrected chi connectivity index (χ4v) is 4.17. The van der Waals surface area contributed by atoms with Gasteiger partial charge >= 0.3 is 0 Å². The highest BCUT2D eigenvalue weighted by atomic mass is 35.5. The molecule has 3 aromatic rings. The van der Waals surface area contributed by atoms with Crippen LogP contribution in [0.15, 0.2) is 29.8 Å². The molecule has 152 valence electrons. The van der Waals surface area contributed by atoms with Crippen molar-refractivity contribution in [2.45, 2.75) is 38.8 Å². The Kier molecular flexibility index (Phi) is 7.45. The van der Waals surface area contributed by atoms with Crippen LogP contribution < -0.4 is 5.73 Å². The molecule has 3 aromatic heterocycles. The van der Waals surface area contributed by atoms with Crippen LogP contribution in [0.1, 0.15) is 43.1 Å². The fourth-order valence-electron chi connectivity index (χ4n) is 3.49. The molecule has 6 nitrogen and oxygen atoms in total. The zero-order chi connectivity index (χ0) is 18.3. The van der Waals surface area contributed by atoms with Crippen LogP contribution in [0, 0.1) is 0 Å². The highest BCUT2D eigenvalue weighted by molar-refractivity contribution is 7.13. The summed E-state index contributed by atoms with van der Waals surface area (Å²) in [6.45, 7) is 5.49. The molecule has 4 rings (SSSR count). The van der Waals surface area contributed by atoms with E-state index < -0.39 is 0 Å². The van der Waals surface area contributed by atoms with Crippen molar-refractivity contribution >= 4 is 53.1 Å². The molecular weight excluding hydrogens is 417 g/mol. The lowest BCUT2D eigenvalue weighted by molar-refractivity contribution is 0.0711. The van der Waals surface area contributed by atoms with Gasteiger partial charge in [-0.15, -0.1) is 36.2 Å². The molecule has 1 aliphatic heterocycles. The molecule has 9 heteroatoms. The van der Waals surface area contributed by atoms with Crippen LogP contribution >= 0.6 is 36.2 Å². The summed E-state index contributed by atoms with van der Waals surface area (Å²) < 4.78 is 1.88. The summed E-state index contributed by atoms with van der Waals surface area (Å²) in [6, 6.07) is 6.16. The Hall–Kier alpha value is -1.67. The van der Waals surface area contributed by atoms with Gasteiger partial charge in [-0.25, -0.2) is 9.67 Å². The van der Waals surface area contributed by atoms with Crippen LogP contribution in [0.2, 0.25) is 0 Å². The molecule has 2 N–H and O–H groups in total. The van der Waals surface area contributed by atoms with Crippen LogP contribution in [0.4, 0.5) is 0 Å². The minimum Gasteiger partial charge on any atom is -0.337 e. The summed E-state index contributed by atoms with van der Waals surface area (Å²) in [6.07, 6.45) is 3.68. The molecule has 1 amide bonds. The van der Waals surface area contributed by atoms with Crippen LogP contribution in [-0.2, 0) is 0 Å². The number of rotatable bonds is 3. The molecule has 0 aliphatic carbocycles. The number of nitrogens with two attached hydrogens (primary N) is 1. The Labute approximate surface area is 180 Å².